The highest BCUT2D eigenvalue weighted by atomic mass is 32.2. The zero-order valence-corrected chi connectivity index (χ0v) is 18.5. The summed E-state index contributed by atoms with van der Waals surface area (Å²) in [5, 5.41) is 11.2. The molecule has 2 heterocycles. The molecule has 1 N–H and O–H groups in total. The number of aliphatic hydroxyl groups excluding tert-OH is 1. The predicted octanol–water partition coefficient (Wildman–Crippen LogP) is 4.20. The van der Waals surface area contributed by atoms with Crippen LogP contribution in [0.2, 0.25) is 0 Å². The Balaban J connectivity index is 1.40. The number of aliphatic hydroxyl groups is 1. The van der Waals surface area contributed by atoms with Crippen LogP contribution in [0.15, 0.2) is 95.9 Å². The maximum absolute atomic E-state index is 12.9. The second-order valence-corrected chi connectivity index (χ2v) is 9.05. The molecule has 2 aliphatic rings. The molecule has 170 valence electrons. The summed E-state index contributed by atoms with van der Waals surface area (Å²) in [5.74, 6) is -0.518. The number of benzene rings is 3. The van der Waals surface area contributed by atoms with E-state index < -0.39 is 42.1 Å². The largest absolute Gasteiger partial charge is 0.453 e. The van der Waals surface area contributed by atoms with Gasteiger partial charge in [-0.1, -0.05) is 78.5 Å². The topological polar surface area (TPSA) is 74.2 Å². The number of fused-ring (bicyclic) bond motifs is 1. The molecule has 0 aromatic heterocycles. The van der Waals surface area contributed by atoms with E-state index in [2.05, 4.69) is 0 Å². The van der Waals surface area contributed by atoms with Crippen LogP contribution in [0, 0.1) is 0 Å². The predicted molar refractivity (Wildman–Crippen MR) is 123 cm³/mol. The second-order valence-electron chi connectivity index (χ2n) is 7.88. The Labute approximate surface area is 196 Å². The molecule has 0 radical (unpaired) electrons. The molecule has 3 unspecified atom stereocenters. The molecular formula is C26H24O6S. The molecule has 6 atom stereocenters. The molecule has 2 saturated heterocycles. The van der Waals surface area contributed by atoms with Crippen molar-refractivity contribution in [1.29, 1.82) is 0 Å². The SMILES string of the molecule is O=C(OC1C(O)[C@@H](Sc2ccccc2)OC2CO[C@H](c3ccccc3)O[C@@H]21)c1ccccc1. The second kappa shape index (κ2) is 10.1. The van der Waals surface area contributed by atoms with Crippen molar-refractivity contribution >= 4 is 17.7 Å². The molecule has 2 aliphatic heterocycles. The average Bonchev–Trinajstić information content (AvgIpc) is 2.88. The third kappa shape index (κ3) is 4.98. The van der Waals surface area contributed by atoms with E-state index in [1.165, 1.54) is 11.8 Å². The normalized spacial score (nSPS) is 29.1. The van der Waals surface area contributed by atoms with E-state index in [0.29, 0.717) is 5.56 Å². The molecule has 5 rings (SSSR count). The fraction of sp³-hybridized carbons (Fsp3) is 0.269. The van der Waals surface area contributed by atoms with Crippen molar-refractivity contribution in [2.24, 2.45) is 0 Å². The van der Waals surface area contributed by atoms with E-state index in [4.69, 9.17) is 18.9 Å². The molecule has 0 amide bonds. The number of thioether (sulfide) groups is 1. The van der Waals surface area contributed by atoms with Crippen LogP contribution >= 0.6 is 11.8 Å². The fourth-order valence-electron chi connectivity index (χ4n) is 3.97. The van der Waals surface area contributed by atoms with Crippen molar-refractivity contribution in [1.82, 2.24) is 0 Å². The third-order valence-corrected chi connectivity index (χ3v) is 6.79. The Morgan fingerprint density at radius 3 is 2.21 bits per heavy atom. The molecule has 33 heavy (non-hydrogen) atoms. The van der Waals surface area contributed by atoms with Crippen molar-refractivity contribution in [2.45, 2.75) is 41.0 Å². The van der Waals surface area contributed by atoms with Crippen LogP contribution in [0.1, 0.15) is 22.2 Å². The minimum Gasteiger partial charge on any atom is -0.453 e. The van der Waals surface area contributed by atoms with Gasteiger partial charge in [-0.05, 0) is 24.3 Å². The summed E-state index contributed by atoms with van der Waals surface area (Å²) < 4.78 is 24.2. The maximum atomic E-state index is 12.9. The highest BCUT2D eigenvalue weighted by Gasteiger charge is 2.51. The van der Waals surface area contributed by atoms with Gasteiger partial charge >= 0.3 is 5.97 Å². The monoisotopic (exact) mass is 464 g/mol. The summed E-state index contributed by atoms with van der Waals surface area (Å²) in [5.41, 5.74) is 0.605. The summed E-state index contributed by atoms with van der Waals surface area (Å²) >= 11 is 1.38. The molecule has 2 fully saturated rings. The van der Waals surface area contributed by atoms with Gasteiger partial charge in [-0.15, -0.1) is 0 Å². The molecular weight excluding hydrogens is 440 g/mol. The van der Waals surface area contributed by atoms with Crippen LogP contribution in [0.25, 0.3) is 0 Å². The molecule has 3 aromatic carbocycles. The number of carbonyl (C=O) groups excluding carboxylic acids is 1. The van der Waals surface area contributed by atoms with E-state index in [0.717, 1.165) is 10.5 Å². The highest BCUT2D eigenvalue weighted by molar-refractivity contribution is 7.99. The Kier molecular flexibility index (Phi) is 6.75. The molecule has 6 nitrogen and oxygen atoms in total. The van der Waals surface area contributed by atoms with Gasteiger partial charge in [0.25, 0.3) is 0 Å². The number of rotatable bonds is 5. The smallest absolute Gasteiger partial charge is 0.338 e. The Bertz CT molecular complexity index is 1050. The third-order valence-electron chi connectivity index (χ3n) is 5.63. The molecule has 0 spiro atoms. The van der Waals surface area contributed by atoms with E-state index in [-0.39, 0.29) is 6.61 Å². The summed E-state index contributed by atoms with van der Waals surface area (Å²) in [7, 11) is 0. The fourth-order valence-corrected chi connectivity index (χ4v) is 5.05. The van der Waals surface area contributed by atoms with E-state index >= 15 is 0 Å². The van der Waals surface area contributed by atoms with E-state index in [9.17, 15) is 9.90 Å². The number of hydrogen-bond acceptors (Lipinski definition) is 7. The Morgan fingerprint density at radius 2 is 1.52 bits per heavy atom. The summed E-state index contributed by atoms with van der Waals surface area (Å²) in [4.78, 5) is 13.8. The standard InChI is InChI=1S/C26H24O6S/c27-21-23(31-24(28)17-10-4-1-5-11-17)22-20(30-26(21)33-19-14-8-3-9-15-19)16-29-25(32-22)18-12-6-2-7-13-18/h1-15,20-23,25-27H,16H2/t20?,21?,22-,23?,25-,26+/m0/s1. The van der Waals surface area contributed by atoms with Crippen LogP contribution in [0.4, 0.5) is 0 Å². The Morgan fingerprint density at radius 1 is 0.879 bits per heavy atom. The van der Waals surface area contributed by atoms with Gasteiger partial charge < -0.3 is 24.1 Å². The van der Waals surface area contributed by atoms with Gasteiger partial charge in [-0.3, -0.25) is 0 Å². The minimum absolute atomic E-state index is 0.252. The lowest BCUT2D eigenvalue weighted by Gasteiger charge is -2.47. The summed E-state index contributed by atoms with van der Waals surface area (Å²) in [6.07, 6.45) is -3.84. The minimum atomic E-state index is -1.10. The van der Waals surface area contributed by atoms with Crippen molar-refractivity contribution in [3.63, 3.8) is 0 Å². The van der Waals surface area contributed by atoms with Crippen molar-refractivity contribution < 1.29 is 28.8 Å². The number of carbonyl (C=O) groups is 1. The lowest BCUT2D eigenvalue weighted by atomic mass is 9.98. The molecule has 0 bridgehead atoms. The Hall–Kier alpha value is -2.68. The van der Waals surface area contributed by atoms with Gasteiger partial charge in [-0.2, -0.15) is 0 Å². The maximum Gasteiger partial charge on any atom is 0.338 e. The zero-order chi connectivity index (χ0) is 22.6. The summed E-state index contributed by atoms with van der Waals surface area (Å²) in [6.45, 7) is 0.252. The van der Waals surface area contributed by atoms with Gasteiger partial charge in [0.05, 0.1) is 12.2 Å². The van der Waals surface area contributed by atoms with Gasteiger partial charge in [0.15, 0.2) is 12.4 Å². The van der Waals surface area contributed by atoms with E-state index in [1.807, 2.05) is 66.7 Å². The first kappa shape index (κ1) is 22.1. The molecule has 7 heteroatoms. The van der Waals surface area contributed by atoms with Crippen molar-refractivity contribution in [3.05, 3.63) is 102 Å². The van der Waals surface area contributed by atoms with Gasteiger partial charge in [0.1, 0.15) is 23.7 Å². The molecule has 3 aromatic rings. The number of ether oxygens (including phenoxy) is 4. The van der Waals surface area contributed by atoms with Gasteiger partial charge in [0, 0.05) is 10.5 Å². The van der Waals surface area contributed by atoms with Gasteiger partial charge in [0.2, 0.25) is 0 Å². The van der Waals surface area contributed by atoms with Crippen LogP contribution in [0.5, 0.6) is 0 Å². The molecule has 0 aliphatic carbocycles. The van der Waals surface area contributed by atoms with Crippen LogP contribution in [0.3, 0.4) is 0 Å². The highest BCUT2D eigenvalue weighted by Crippen LogP contribution is 2.40. The lowest BCUT2D eigenvalue weighted by molar-refractivity contribution is -0.317. The first-order chi connectivity index (χ1) is 16.2. The van der Waals surface area contributed by atoms with E-state index in [1.54, 1.807) is 24.3 Å². The zero-order valence-electron chi connectivity index (χ0n) is 17.7. The first-order valence-electron chi connectivity index (χ1n) is 10.8. The average molecular weight is 465 g/mol. The van der Waals surface area contributed by atoms with Crippen LogP contribution in [-0.4, -0.2) is 47.5 Å². The lowest BCUT2D eigenvalue weighted by Crippen LogP contribution is -2.62. The van der Waals surface area contributed by atoms with Crippen molar-refractivity contribution in [2.75, 3.05) is 6.61 Å². The number of hydrogen-bond donors (Lipinski definition) is 1. The molecule has 0 saturated carbocycles. The number of esters is 1. The van der Waals surface area contributed by atoms with Gasteiger partial charge in [-0.25, -0.2) is 4.79 Å². The van der Waals surface area contributed by atoms with Crippen molar-refractivity contribution in [3.8, 4) is 0 Å². The van der Waals surface area contributed by atoms with Crippen LogP contribution in [-0.2, 0) is 18.9 Å². The van der Waals surface area contributed by atoms with Crippen LogP contribution < -0.4 is 0 Å². The summed E-state index contributed by atoms with van der Waals surface area (Å²) in [6, 6.07) is 27.9. The first-order valence-corrected chi connectivity index (χ1v) is 11.7. The quantitative estimate of drug-likeness (QED) is 0.567.